The molecule has 5 nitrogen and oxygen atoms in total. The molecule has 1 N–H and O–H groups in total. The van der Waals surface area contributed by atoms with Gasteiger partial charge in [-0.1, -0.05) is 6.07 Å². The van der Waals surface area contributed by atoms with Crippen LogP contribution in [0.4, 0.5) is 14.5 Å². The highest BCUT2D eigenvalue weighted by molar-refractivity contribution is 5.90. The van der Waals surface area contributed by atoms with Gasteiger partial charge in [-0.15, -0.1) is 0 Å². The Labute approximate surface area is 175 Å². The maximum absolute atomic E-state index is 13.6. The Morgan fingerprint density at radius 2 is 1.93 bits per heavy atom. The van der Waals surface area contributed by atoms with E-state index in [9.17, 15) is 13.6 Å². The molecule has 2 fully saturated rings. The highest BCUT2D eigenvalue weighted by atomic mass is 19.1. The van der Waals surface area contributed by atoms with Crippen molar-refractivity contribution in [1.29, 1.82) is 0 Å². The van der Waals surface area contributed by atoms with Crippen LogP contribution in [0.5, 0.6) is 5.88 Å². The largest absolute Gasteiger partial charge is 0.474 e. The number of amides is 1. The molecular weight excluding hydrogens is 388 g/mol. The van der Waals surface area contributed by atoms with Gasteiger partial charge in [0.2, 0.25) is 11.8 Å². The summed E-state index contributed by atoms with van der Waals surface area (Å²) in [6, 6.07) is 6.81. The molecule has 1 saturated heterocycles. The van der Waals surface area contributed by atoms with Crippen LogP contribution in [0, 0.1) is 17.6 Å². The lowest BCUT2D eigenvalue weighted by molar-refractivity contribution is -0.116. The van der Waals surface area contributed by atoms with Crippen molar-refractivity contribution < 1.29 is 18.3 Å². The summed E-state index contributed by atoms with van der Waals surface area (Å²) in [6.45, 7) is 3.41. The molecule has 30 heavy (non-hydrogen) atoms. The highest BCUT2D eigenvalue weighted by Gasteiger charge is 2.27. The molecule has 1 aliphatic carbocycles. The third kappa shape index (κ3) is 5.98. The number of benzene rings is 1. The fourth-order valence-corrected chi connectivity index (χ4v) is 3.74. The zero-order chi connectivity index (χ0) is 20.9. The number of carbonyl (C=O) groups is 1. The number of nitrogens with one attached hydrogen (secondary N) is 1. The van der Waals surface area contributed by atoms with E-state index in [-0.39, 0.29) is 24.1 Å². The summed E-state index contributed by atoms with van der Waals surface area (Å²) in [6.07, 6.45) is 7.39. The lowest BCUT2D eigenvalue weighted by Gasteiger charge is -2.31. The van der Waals surface area contributed by atoms with E-state index in [0.29, 0.717) is 12.3 Å². The van der Waals surface area contributed by atoms with Gasteiger partial charge in [-0.05, 0) is 55.7 Å². The first-order valence-electron chi connectivity index (χ1n) is 10.6. The Morgan fingerprint density at radius 3 is 2.60 bits per heavy atom. The van der Waals surface area contributed by atoms with Crippen LogP contribution >= 0.6 is 0 Å². The molecule has 2 aliphatic rings. The predicted molar refractivity (Wildman–Crippen MR) is 110 cm³/mol. The summed E-state index contributed by atoms with van der Waals surface area (Å²) in [5.41, 5.74) is 0.878. The van der Waals surface area contributed by atoms with Crippen LogP contribution in [0.2, 0.25) is 0 Å². The first kappa shape index (κ1) is 20.7. The number of pyridine rings is 1. The van der Waals surface area contributed by atoms with Gasteiger partial charge in [0.05, 0.1) is 5.69 Å². The molecule has 2 aromatic rings. The molecule has 0 unspecified atom stereocenters. The van der Waals surface area contributed by atoms with E-state index in [1.54, 1.807) is 6.20 Å². The highest BCUT2D eigenvalue weighted by Crippen LogP contribution is 2.30. The molecule has 1 aliphatic heterocycles. The second-order valence-corrected chi connectivity index (χ2v) is 8.24. The van der Waals surface area contributed by atoms with Crippen molar-refractivity contribution in [3.05, 3.63) is 53.7 Å². The van der Waals surface area contributed by atoms with Crippen molar-refractivity contribution in [2.24, 2.45) is 5.92 Å². The second kappa shape index (κ2) is 9.51. The fourth-order valence-electron chi connectivity index (χ4n) is 3.74. The Morgan fingerprint density at radius 1 is 1.13 bits per heavy atom. The lowest BCUT2D eigenvalue weighted by Crippen LogP contribution is -2.39. The molecule has 7 heteroatoms. The quantitative estimate of drug-likeness (QED) is 0.703. The van der Waals surface area contributed by atoms with E-state index >= 15 is 0 Å². The smallest absolute Gasteiger partial charge is 0.224 e. The number of carbonyl (C=O) groups excluding carboxylic acids is 1. The van der Waals surface area contributed by atoms with Crippen LogP contribution < -0.4 is 10.1 Å². The van der Waals surface area contributed by atoms with E-state index in [1.165, 1.54) is 25.5 Å². The van der Waals surface area contributed by atoms with Gasteiger partial charge in [-0.3, -0.25) is 4.79 Å². The van der Waals surface area contributed by atoms with Crippen molar-refractivity contribution in [2.45, 2.75) is 44.6 Å². The molecule has 0 atom stereocenters. The van der Waals surface area contributed by atoms with Gasteiger partial charge in [0, 0.05) is 44.4 Å². The van der Waals surface area contributed by atoms with Crippen LogP contribution in [0.15, 0.2) is 36.5 Å². The summed E-state index contributed by atoms with van der Waals surface area (Å²) in [7, 11) is 0. The van der Waals surface area contributed by atoms with Crippen molar-refractivity contribution in [1.82, 2.24) is 9.88 Å². The van der Waals surface area contributed by atoms with E-state index in [2.05, 4.69) is 15.2 Å². The third-order valence-corrected chi connectivity index (χ3v) is 5.68. The number of rotatable bonds is 8. The first-order valence-corrected chi connectivity index (χ1v) is 10.6. The molecular formula is C23H27F2N3O2. The average Bonchev–Trinajstić information content (AvgIpc) is 3.55. The Hall–Kier alpha value is -2.54. The summed E-state index contributed by atoms with van der Waals surface area (Å²) in [4.78, 5) is 18.9. The van der Waals surface area contributed by atoms with Crippen LogP contribution in [0.3, 0.4) is 0 Å². The summed E-state index contributed by atoms with van der Waals surface area (Å²) in [5.74, 6) is -0.267. The Bertz CT molecular complexity index is 863. The number of nitrogens with zero attached hydrogens (tertiary/aromatic N) is 2. The van der Waals surface area contributed by atoms with Crippen LogP contribution in [-0.2, 0) is 11.2 Å². The standard InChI is InChI=1S/C23H27F2N3O2/c24-18-5-6-21(20(25)13-18)27-22(29)7-3-16-4-8-23(26-14-16)30-19-9-11-28(12-10-19)15-17-1-2-17/h4-6,8,13-14,17,19H,1-3,7,9-12,15H2,(H,27,29). The summed E-state index contributed by atoms with van der Waals surface area (Å²) >= 11 is 0. The predicted octanol–water partition coefficient (Wildman–Crippen LogP) is 4.18. The molecule has 0 spiro atoms. The fraction of sp³-hybridized carbons (Fsp3) is 0.478. The topological polar surface area (TPSA) is 54.5 Å². The summed E-state index contributed by atoms with van der Waals surface area (Å²) < 4.78 is 32.6. The van der Waals surface area contributed by atoms with Crippen LogP contribution in [0.25, 0.3) is 0 Å². The number of ether oxygens (including phenoxy) is 1. The average molecular weight is 415 g/mol. The van der Waals surface area contributed by atoms with Crippen molar-refractivity contribution >= 4 is 11.6 Å². The van der Waals surface area contributed by atoms with Crippen LogP contribution in [0.1, 0.15) is 37.7 Å². The van der Waals surface area contributed by atoms with Gasteiger partial charge in [0.25, 0.3) is 0 Å². The zero-order valence-electron chi connectivity index (χ0n) is 16.9. The third-order valence-electron chi connectivity index (χ3n) is 5.68. The Balaban J connectivity index is 1.19. The molecule has 4 rings (SSSR count). The molecule has 160 valence electrons. The van der Waals surface area contributed by atoms with Gasteiger partial charge in [-0.2, -0.15) is 0 Å². The molecule has 1 saturated carbocycles. The minimum absolute atomic E-state index is 0.0218. The second-order valence-electron chi connectivity index (χ2n) is 8.24. The molecule has 2 heterocycles. The van der Waals surface area contributed by atoms with Crippen molar-refractivity contribution in [3.63, 3.8) is 0 Å². The number of halogens is 2. The van der Waals surface area contributed by atoms with Crippen LogP contribution in [-0.4, -0.2) is 41.5 Å². The lowest BCUT2D eigenvalue weighted by atomic mass is 10.1. The molecule has 0 radical (unpaired) electrons. The van der Waals surface area contributed by atoms with Crippen molar-refractivity contribution in [3.8, 4) is 5.88 Å². The van der Waals surface area contributed by atoms with Gasteiger partial charge >= 0.3 is 0 Å². The monoisotopic (exact) mass is 415 g/mol. The number of anilines is 1. The molecule has 0 bridgehead atoms. The van der Waals surface area contributed by atoms with Crippen molar-refractivity contribution in [2.75, 3.05) is 25.0 Å². The number of piperidine rings is 1. The minimum atomic E-state index is -0.787. The minimum Gasteiger partial charge on any atom is -0.474 e. The zero-order valence-corrected chi connectivity index (χ0v) is 16.9. The number of hydrogen-bond donors (Lipinski definition) is 1. The van der Waals surface area contributed by atoms with Gasteiger partial charge in [0.15, 0.2) is 0 Å². The van der Waals surface area contributed by atoms with E-state index < -0.39 is 11.6 Å². The van der Waals surface area contributed by atoms with Gasteiger partial charge < -0.3 is 15.0 Å². The Kier molecular flexibility index (Phi) is 6.57. The van der Waals surface area contributed by atoms with Gasteiger partial charge in [0.1, 0.15) is 17.7 Å². The summed E-state index contributed by atoms with van der Waals surface area (Å²) in [5, 5.41) is 2.46. The number of hydrogen-bond acceptors (Lipinski definition) is 4. The number of aromatic nitrogens is 1. The van der Waals surface area contributed by atoms with E-state index in [0.717, 1.165) is 49.5 Å². The van der Waals surface area contributed by atoms with Gasteiger partial charge in [-0.25, -0.2) is 13.8 Å². The van der Waals surface area contributed by atoms with E-state index in [4.69, 9.17) is 4.74 Å². The maximum atomic E-state index is 13.6. The molecule has 1 amide bonds. The molecule has 1 aromatic heterocycles. The SMILES string of the molecule is O=C(CCc1ccc(OC2CCN(CC3CC3)CC2)nc1)Nc1ccc(F)cc1F. The number of aryl methyl sites for hydroxylation is 1. The number of likely N-dealkylation sites (tertiary alicyclic amines) is 1. The first-order chi connectivity index (χ1) is 14.5. The maximum Gasteiger partial charge on any atom is 0.224 e. The van der Waals surface area contributed by atoms with E-state index in [1.807, 2.05) is 12.1 Å². The normalized spacial score (nSPS) is 17.7. The molecule has 1 aromatic carbocycles.